The van der Waals surface area contributed by atoms with Crippen molar-refractivity contribution in [2.75, 3.05) is 20.3 Å². The minimum Gasteiger partial charge on any atom is -0.381 e. The molecule has 1 rings (SSSR count). The van der Waals surface area contributed by atoms with Crippen molar-refractivity contribution < 1.29 is 14.6 Å². The maximum Gasteiger partial charge on any atom is 0.159 e. The van der Waals surface area contributed by atoms with Gasteiger partial charge in [-0.15, -0.1) is 0 Å². The number of hydrogen-bond donors (Lipinski definition) is 1. The van der Waals surface area contributed by atoms with Crippen LogP contribution in [0.25, 0.3) is 0 Å². The van der Waals surface area contributed by atoms with Crippen molar-refractivity contribution in [1.29, 1.82) is 0 Å². The Labute approximate surface area is 68.3 Å². The maximum atomic E-state index is 8.60. The Balaban J connectivity index is 0.000000183. The molecular formula is C8H18O3. The van der Waals surface area contributed by atoms with Gasteiger partial charge in [0, 0.05) is 20.3 Å². The number of rotatable bonds is 1. The second-order valence-electron chi connectivity index (χ2n) is 2.97. The van der Waals surface area contributed by atoms with Gasteiger partial charge in [-0.1, -0.05) is 0 Å². The maximum absolute atomic E-state index is 8.60. The summed E-state index contributed by atoms with van der Waals surface area (Å²) in [6.45, 7) is 5.15. The zero-order valence-corrected chi connectivity index (χ0v) is 7.59. The zero-order chi connectivity index (χ0) is 8.74. The highest BCUT2D eigenvalue weighted by Crippen LogP contribution is 1.98. The molecule has 68 valence electrons. The third kappa shape index (κ3) is 9.88. The lowest BCUT2D eigenvalue weighted by molar-refractivity contribution is -0.155. The van der Waals surface area contributed by atoms with Gasteiger partial charge in [0.15, 0.2) is 5.79 Å². The van der Waals surface area contributed by atoms with Crippen LogP contribution in [0, 0.1) is 0 Å². The molecule has 1 fully saturated rings. The topological polar surface area (TPSA) is 38.7 Å². The van der Waals surface area contributed by atoms with Crippen LogP contribution >= 0.6 is 0 Å². The third-order valence-electron chi connectivity index (χ3n) is 1.33. The van der Waals surface area contributed by atoms with Crippen molar-refractivity contribution in [3.05, 3.63) is 0 Å². The molecule has 3 heteroatoms. The van der Waals surface area contributed by atoms with Crippen LogP contribution in [0.15, 0.2) is 0 Å². The molecule has 0 aromatic heterocycles. The Bertz CT molecular complexity index is 74.2. The van der Waals surface area contributed by atoms with E-state index in [1.54, 1.807) is 13.8 Å². The van der Waals surface area contributed by atoms with Crippen molar-refractivity contribution in [2.45, 2.75) is 32.5 Å². The quantitative estimate of drug-likeness (QED) is 0.588. The fraction of sp³-hybridized carbons (Fsp3) is 1.00. The Kier molecular flexibility index (Phi) is 5.46. The number of methoxy groups -OCH3 is 1. The van der Waals surface area contributed by atoms with Crippen LogP contribution in [0.1, 0.15) is 26.7 Å². The summed E-state index contributed by atoms with van der Waals surface area (Å²) in [5.41, 5.74) is 0. The van der Waals surface area contributed by atoms with Crippen molar-refractivity contribution >= 4 is 0 Å². The highest BCUT2D eigenvalue weighted by atomic mass is 16.6. The number of aliphatic hydroxyl groups is 1. The van der Waals surface area contributed by atoms with Gasteiger partial charge in [0.05, 0.1) is 0 Å². The molecule has 0 aromatic carbocycles. The van der Waals surface area contributed by atoms with E-state index in [0.29, 0.717) is 0 Å². The summed E-state index contributed by atoms with van der Waals surface area (Å²) in [7, 11) is 1.46. The smallest absolute Gasteiger partial charge is 0.159 e. The molecule has 1 aliphatic rings. The van der Waals surface area contributed by atoms with Gasteiger partial charge in [-0.2, -0.15) is 0 Å². The minimum absolute atomic E-state index is 0.958. The number of hydrogen-bond acceptors (Lipinski definition) is 3. The summed E-state index contributed by atoms with van der Waals surface area (Å²) < 4.78 is 9.44. The van der Waals surface area contributed by atoms with E-state index < -0.39 is 5.79 Å². The van der Waals surface area contributed by atoms with Crippen LogP contribution in [0.3, 0.4) is 0 Å². The molecule has 3 nitrogen and oxygen atoms in total. The van der Waals surface area contributed by atoms with Crippen molar-refractivity contribution in [1.82, 2.24) is 0 Å². The first kappa shape index (κ1) is 10.9. The molecule has 0 bridgehead atoms. The molecule has 0 aromatic rings. The summed E-state index contributed by atoms with van der Waals surface area (Å²) in [6, 6.07) is 0. The van der Waals surface area contributed by atoms with Gasteiger partial charge in [0.25, 0.3) is 0 Å². The van der Waals surface area contributed by atoms with Crippen molar-refractivity contribution in [3.8, 4) is 0 Å². The van der Waals surface area contributed by atoms with E-state index in [4.69, 9.17) is 9.84 Å². The molecule has 1 N–H and O–H groups in total. The molecule has 0 amide bonds. The van der Waals surface area contributed by atoms with Crippen molar-refractivity contribution in [2.24, 2.45) is 0 Å². The Morgan fingerprint density at radius 2 is 1.64 bits per heavy atom. The lowest BCUT2D eigenvalue weighted by atomic mass is 10.4. The lowest BCUT2D eigenvalue weighted by Crippen LogP contribution is -2.20. The van der Waals surface area contributed by atoms with E-state index in [9.17, 15) is 0 Å². The summed E-state index contributed by atoms with van der Waals surface area (Å²) in [6.07, 6.45) is 2.56. The molecule has 1 aliphatic heterocycles. The van der Waals surface area contributed by atoms with E-state index >= 15 is 0 Å². The van der Waals surface area contributed by atoms with E-state index in [1.807, 2.05) is 0 Å². The predicted molar refractivity (Wildman–Crippen MR) is 43.4 cm³/mol. The first-order valence-corrected chi connectivity index (χ1v) is 3.91. The SMILES string of the molecule is C1CCOC1.COC(C)(C)O. The summed E-state index contributed by atoms with van der Waals surface area (Å²) >= 11 is 0. The van der Waals surface area contributed by atoms with Gasteiger partial charge in [-0.3, -0.25) is 0 Å². The minimum atomic E-state index is -0.958. The first-order valence-electron chi connectivity index (χ1n) is 3.91. The van der Waals surface area contributed by atoms with Crippen LogP contribution in [-0.2, 0) is 9.47 Å². The predicted octanol–water partition coefficient (Wildman–Crippen LogP) is 1.16. The van der Waals surface area contributed by atoms with Crippen LogP contribution in [-0.4, -0.2) is 31.2 Å². The summed E-state index contributed by atoms with van der Waals surface area (Å²) in [5.74, 6) is -0.958. The molecule has 11 heavy (non-hydrogen) atoms. The molecule has 0 atom stereocenters. The van der Waals surface area contributed by atoms with Crippen LogP contribution in [0.4, 0.5) is 0 Å². The molecule has 0 saturated carbocycles. The monoisotopic (exact) mass is 162 g/mol. The van der Waals surface area contributed by atoms with E-state index in [1.165, 1.54) is 20.0 Å². The summed E-state index contributed by atoms with van der Waals surface area (Å²) in [4.78, 5) is 0. The van der Waals surface area contributed by atoms with Gasteiger partial charge < -0.3 is 14.6 Å². The molecule has 0 spiro atoms. The Morgan fingerprint density at radius 1 is 1.27 bits per heavy atom. The van der Waals surface area contributed by atoms with Crippen LogP contribution in [0.5, 0.6) is 0 Å². The average molecular weight is 162 g/mol. The molecule has 0 unspecified atom stereocenters. The standard InChI is InChI=1S/C4H10O2.C4H8O/c1-4(2,5)6-3;1-2-4-5-3-1/h5H,1-3H3;1-4H2. The average Bonchev–Trinajstić information content (AvgIpc) is 2.41. The van der Waals surface area contributed by atoms with E-state index in [-0.39, 0.29) is 0 Å². The van der Waals surface area contributed by atoms with Crippen LogP contribution in [0.2, 0.25) is 0 Å². The first-order chi connectivity index (χ1) is 5.06. The highest BCUT2D eigenvalue weighted by molar-refractivity contribution is 4.43. The summed E-state index contributed by atoms with van der Waals surface area (Å²) in [5, 5.41) is 8.60. The number of ether oxygens (including phenoxy) is 2. The lowest BCUT2D eigenvalue weighted by Gasteiger charge is -2.12. The largest absolute Gasteiger partial charge is 0.381 e. The van der Waals surface area contributed by atoms with Crippen LogP contribution < -0.4 is 0 Å². The van der Waals surface area contributed by atoms with E-state index in [0.717, 1.165) is 13.2 Å². The Hall–Kier alpha value is -0.120. The van der Waals surface area contributed by atoms with Gasteiger partial charge in [0.2, 0.25) is 0 Å². The van der Waals surface area contributed by atoms with Gasteiger partial charge in [0.1, 0.15) is 0 Å². The zero-order valence-electron chi connectivity index (χ0n) is 7.59. The fourth-order valence-corrected chi connectivity index (χ4v) is 0.510. The molecular weight excluding hydrogens is 144 g/mol. The molecule has 1 saturated heterocycles. The highest BCUT2D eigenvalue weighted by Gasteiger charge is 2.06. The fourth-order valence-electron chi connectivity index (χ4n) is 0.510. The Morgan fingerprint density at radius 3 is 1.73 bits per heavy atom. The third-order valence-corrected chi connectivity index (χ3v) is 1.33. The molecule has 0 aliphatic carbocycles. The van der Waals surface area contributed by atoms with Gasteiger partial charge in [-0.25, -0.2) is 0 Å². The molecule has 0 radical (unpaired) electrons. The second kappa shape index (κ2) is 5.52. The van der Waals surface area contributed by atoms with Gasteiger partial charge in [-0.05, 0) is 26.7 Å². The van der Waals surface area contributed by atoms with E-state index in [2.05, 4.69) is 4.74 Å². The second-order valence-corrected chi connectivity index (χ2v) is 2.97. The van der Waals surface area contributed by atoms with Gasteiger partial charge >= 0.3 is 0 Å². The normalized spacial score (nSPS) is 17.5. The molecule has 1 heterocycles. The van der Waals surface area contributed by atoms with Crippen molar-refractivity contribution in [3.63, 3.8) is 0 Å².